The molecule has 0 amide bonds. The van der Waals surface area contributed by atoms with Gasteiger partial charge in [0.05, 0.1) is 0 Å². The van der Waals surface area contributed by atoms with Gasteiger partial charge in [-0.25, -0.2) is 4.98 Å². The number of likely N-dealkylation sites (N-methyl/N-ethyl adjacent to an activating group) is 1. The number of nitrogens with zero attached hydrogens (tertiary/aromatic N) is 2. The molecule has 1 aromatic heterocycles. The molecule has 3 heteroatoms. The Morgan fingerprint density at radius 2 is 2.07 bits per heavy atom. The van der Waals surface area contributed by atoms with Crippen molar-refractivity contribution in [3.63, 3.8) is 0 Å². The Balaban J connectivity index is 0.000000531. The van der Waals surface area contributed by atoms with Crippen molar-refractivity contribution in [3.8, 4) is 5.88 Å². The Morgan fingerprint density at radius 1 is 1.40 bits per heavy atom. The predicted octanol–water partition coefficient (Wildman–Crippen LogP) is 2.11. The van der Waals surface area contributed by atoms with E-state index in [2.05, 4.69) is 16.9 Å². The first-order valence-electron chi connectivity index (χ1n) is 5.52. The zero-order valence-corrected chi connectivity index (χ0v) is 10.0. The van der Waals surface area contributed by atoms with E-state index in [4.69, 9.17) is 4.74 Å². The average Bonchev–Trinajstić information content (AvgIpc) is 2.19. The molecule has 0 spiro atoms. The smallest absolute Gasteiger partial charge is 0.213 e. The largest absolute Gasteiger partial charge is 0.472 e. The molecule has 2 rings (SSSR count). The number of pyridine rings is 1. The van der Waals surface area contributed by atoms with Crippen LogP contribution >= 0.6 is 0 Å². The van der Waals surface area contributed by atoms with Crippen LogP contribution in [0.1, 0.15) is 19.4 Å². The predicted molar refractivity (Wildman–Crippen MR) is 62.2 cm³/mol. The van der Waals surface area contributed by atoms with Crippen LogP contribution in [0.15, 0.2) is 18.3 Å². The van der Waals surface area contributed by atoms with E-state index in [-0.39, 0.29) is 0 Å². The van der Waals surface area contributed by atoms with Crippen LogP contribution in [0.5, 0.6) is 5.88 Å². The van der Waals surface area contributed by atoms with E-state index in [9.17, 15) is 0 Å². The molecule has 15 heavy (non-hydrogen) atoms. The number of rotatable bonds is 2. The number of hydrogen-bond donors (Lipinski definition) is 0. The van der Waals surface area contributed by atoms with Gasteiger partial charge in [-0.3, -0.25) is 4.90 Å². The molecule has 0 N–H and O–H groups in total. The fourth-order valence-electron chi connectivity index (χ4n) is 1.46. The molecule has 1 aliphatic heterocycles. The average molecular weight is 208 g/mol. The van der Waals surface area contributed by atoms with Crippen LogP contribution in [0, 0.1) is 6.92 Å². The Bertz CT molecular complexity index is 295. The molecule has 2 heterocycles. The number of aromatic nitrogens is 1. The highest BCUT2D eigenvalue weighted by atomic mass is 16.5. The van der Waals surface area contributed by atoms with Crippen LogP contribution in [0.25, 0.3) is 0 Å². The summed E-state index contributed by atoms with van der Waals surface area (Å²) in [4.78, 5) is 6.37. The van der Waals surface area contributed by atoms with E-state index in [1.165, 1.54) is 5.56 Å². The number of likely N-dealkylation sites (tertiary alicyclic amines) is 1. The first-order chi connectivity index (χ1) is 7.24. The van der Waals surface area contributed by atoms with Crippen LogP contribution in [0.2, 0.25) is 0 Å². The third kappa shape index (κ3) is 3.51. The summed E-state index contributed by atoms with van der Waals surface area (Å²) in [5.74, 6) is 0.748. The monoisotopic (exact) mass is 208 g/mol. The van der Waals surface area contributed by atoms with Crippen LogP contribution in [-0.2, 0) is 0 Å². The fraction of sp³-hybridized carbons (Fsp3) is 0.583. The standard InChI is InChI=1S/C10H14N2O.C2H6/c1-8-3-4-11-10(5-8)13-9-6-12(2)7-9;1-2/h3-5,9H,6-7H2,1-2H3;1-2H3. The lowest BCUT2D eigenvalue weighted by Crippen LogP contribution is -2.51. The highest BCUT2D eigenvalue weighted by Gasteiger charge is 2.24. The van der Waals surface area contributed by atoms with Crippen molar-refractivity contribution in [2.45, 2.75) is 26.9 Å². The SMILES string of the molecule is CC.Cc1ccnc(OC2CN(C)C2)c1. The van der Waals surface area contributed by atoms with Crippen molar-refractivity contribution in [1.29, 1.82) is 0 Å². The van der Waals surface area contributed by atoms with Crippen molar-refractivity contribution in [1.82, 2.24) is 9.88 Å². The Morgan fingerprint density at radius 3 is 2.60 bits per heavy atom. The number of aryl methyl sites for hydroxylation is 1. The van der Waals surface area contributed by atoms with Crippen molar-refractivity contribution in [2.24, 2.45) is 0 Å². The van der Waals surface area contributed by atoms with Gasteiger partial charge < -0.3 is 4.74 Å². The van der Waals surface area contributed by atoms with Gasteiger partial charge in [-0.05, 0) is 25.6 Å². The minimum Gasteiger partial charge on any atom is -0.472 e. The molecule has 1 aliphatic rings. The summed E-state index contributed by atoms with van der Waals surface area (Å²) in [7, 11) is 2.09. The van der Waals surface area contributed by atoms with E-state index < -0.39 is 0 Å². The van der Waals surface area contributed by atoms with E-state index >= 15 is 0 Å². The quantitative estimate of drug-likeness (QED) is 0.744. The molecule has 0 atom stereocenters. The lowest BCUT2D eigenvalue weighted by molar-refractivity contribution is 0.0355. The normalized spacial score (nSPS) is 16.3. The highest BCUT2D eigenvalue weighted by Crippen LogP contribution is 2.14. The molecule has 0 aliphatic carbocycles. The van der Waals surface area contributed by atoms with Gasteiger partial charge in [0.2, 0.25) is 5.88 Å². The second-order valence-electron chi connectivity index (χ2n) is 3.63. The van der Waals surface area contributed by atoms with Gasteiger partial charge in [-0.1, -0.05) is 13.8 Å². The molecule has 0 saturated carbocycles. The lowest BCUT2D eigenvalue weighted by Gasteiger charge is -2.35. The maximum Gasteiger partial charge on any atom is 0.213 e. The Hall–Kier alpha value is -1.09. The van der Waals surface area contributed by atoms with Gasteiger partial charge in [-0.2, -0.15) is 0 Å². The third-order valence-corrected chi connectivity index (χ3v) is 2.21. The summed E-state index contributed by atoms with van der Waals surface area (Å²) in [6, 6.07) is 3.94. The topological polar surface area (TPSA) is 25.4 Å². The zero-order chi connectivity index (χ0) is 11.3. The third-order valence-electron chi connectivity index (χ3n) is 2.21. The molecular formula is C12H20N2O. The Labute approximate surface area is 92.1 Å². The van der Waals surface area contributed by atoms with Crippen molar-refractivity contribution in [2.75, 3.05) is 20.1 Å². The maximum atomic E-state index is 5.65. The zero-order valence-electron chi connectivity index (χ0n) is 10.0. The van der Waals surface area contributed by atoms with E-state index in [0.29, 0.717) is 6.10 Å². The van der Waals surface area contributed by atoms with Gasteiger partial charge in [0.1, 0.15) is 6.10 Å². The molecule has 0 bridgehead atoms. The molecule has 0 radical (unpaired) electrons. The van der Waals surface area contributed by atoms with Crippen LogP contribution < -0.4 is 4.74 Å². The molecule has 84 valence electrons. The van der Waals surface area contributed by atoms with Gasteiger partial charge in [0.25, 0.3) is 0 Å². The maximum absolute atomic E-state index is 5.65. The fourth-order valence-corrected chi connectivity index (χ4v) is 1.46. The molecular weight excluding hydrogens is 188 g/mol. The number of ether oxygens (including phenoxy) is 1. The van der Waals surface area contributed by atoms with Crippen molar-refractivity contribution < 1.29 is 4.74 Å². The molecule has 0 unspecified atom stereocenters. The van der Waals surface area contributed by atoms with Gasteiger partial charge in [-0.15, -0.1) is 0 Å². The van der Waals surface area contributed by atoms with Gasteiger partial charge >= 0.3 is 0 Å². The first kappa shape index (κ1) is 12.0. The second-order valence-corrected chi connectivity index (χ2v) is 3.63. The summed E-state index contributed by atoms with van der Waals surface area (Å²) in [5.41, 5.74) is 1.19. The van der Waals surface area contributed by atoms with Crippen molar-refractivity contribution in [3.05, 3.63) is 23.9 Å². The van der Waals surface area contributed by atoms with E-state index in [1.807, 2.05) is 32.9 Å². The molecule has 1 fully saturated rings. The van der Waals surface area contributed by atoms with Crippen LogP contribution in [-0.4, -0.2) is 36.1 Å². The second kappa shape index (κ2) is 5.71. The summed E-state index contributed by atoms with van der Waals surface area (Å²) in [6.07, 6.45) is 2.12. The minimum atomic E-state index is 0.333. The van der Waals surface area contributed by atoms with Crippen LogP contribution in [0.3, 0.4) is 0 Å². The van der Waals surface area contributed by atoms with Crippen LogP contribution in [0.4, 0.5) is 0 Å². The molecule has 0 aromatic carbocycles. The molecule has 1 saturated heterocycles. The van der Waals surface area contributed by atoms with Gasteiger partial charge in [0.15, 0.2) is 0 Å². The molecule has 1 aromatic rings. The van der Waals surface area contributed by atoms with E-state index in [1.54, 1.807) is 6.20 Å². The Kier molecular flexibility index (Phi) is 4.56. The number of hydrogen-bond acceptors (Lipinski definition) is 3. The summed E-state index contributed by atoms with van der Waals surface area (Å²) < 4.78 is 5.65. The van der Waals surface area contributed by atoms with E-state index in [0.717, 1.165) is 19.0 Å². The minimum absolute atomic E-state index is 0.333. The molecule has 3 nitrogen and oxygen atoms in total. The summed E-state index contributed by atoms with van der Waals surface area (Å²) in [6.45, 7) is 8.06. The summed E-state index contributed by atoms with van der Waals surface area (Å²) in [5, 5.41) is 0. The first-order valence-corrected chi connectivity index (χ1v) is 5.52. The summed E-state index contributed by atoms with van der Waals surface area (Å²) >= 11 is 0. The highest BCUT2D eigenvalue weighted by molar-refractivity contribution is 5.19. The van der Waals surface area contributed by atoms with Crippen molar-refractivity contribution >= 4 is 0 Å². The van der Waals surface area contributed by atoms with Gasteiger partial charge in [0, 0.05) is 25.4 Å². The lowest BCUT2D eigenvalue weighted by atomic mass is 10.2.